The highest BCUT2D eigenvalue weighted by Crippen LogP contribution is 2.47. The number of imidazole rings is 1. The van der Waals surface area contributed by atoms with Crippen molar-refractivity contribution >= 4 is 61.7 Å². The maximum Gasteiger partial charge on any atom is 0.269 e. The Balaban J connectivity index is 1.17. The number of rotatable bonds is 15. The lowest BCUT2D eigenvalue weighted by Gasteiger charge is -2.38. The zero-order valence-corrected chi connectivity index (χ0v) is 52.5. The fourth-order valence-corrected chi connectivity index (χ4v) is 16.7. The van der Waals surface area contributed by atoms with Crippen LogP contribution in [0.15, 0.2) is 345 Å². The van der Waals surface area contributed by atoms with Crippen molar-refractivity contribution in [1.29, 1.82) is 0 Å². The molecule has 0 aliphatic heterocycles. The first kappa shape index (κ1) is 30.8. The number of pyridine rings is 1. The molecule has 13 aromatic carbocycles. The molecular weight excluding hydrogens is 1190 g/mol. The molecule has 3 heterocycles. The molecule has 3 aromatic heterocycles. The number of ether oxygens (including phenoxy) is 1. The van der Waals surface area contributed by atoms with E-state index in [2.05, 4.69) is 27.1 Å². The number of hydrogen-bond acceptors (Lipinski definition) is 2. The van der Waals surface area contributed by atoms with Gasteiger partial charge in [0.2, 0.25) is 0 Å². The largest absolute Gasteiger partial charge is 0.458 e. The molecule has 0 aliphatic rings. The van der Waals surface area contributed by atoms with Crippen LogP contribution in [-0.2, 0) is 10.8 Å². The van der Waals surface area contributed by atoms with E-state index >= 15 is 0 Å². The molecule has 0 N–H and O–H groups in total. The van der Waals surface area contributed by atoms with Gasteiger partial charge in [-0.1, -0.05) is 299 Å². The van der Waals surface area contributed by atoms with E-state index in [9.17, 15) is 38.4 Å². The maximum absolute atomic E-state index is 11.4. The van der Waals surface area contributed by atoms with Gasteiger partial charge in [-0.05, 0) is 156 Å². The van der Waals surface area contributed by atoms with E-state index in [0.29, 0.717) is 11.3 Å². The van der Waals surface area contributed by atoms with E-state index in [1.165, 1.54) is 53.1 Å². The minimum absolute atomic E-state index is 0.00772. The van der Waals surface area contributed by atoms with Gasteiger partial charge in [0.15, 0.2) is 8.07 Å². The van der Waals surface area contributed by atoms with Crippen molar-refractivity contribution in [2.75, 3.05) is 0 Å². The molecule has 0 saturated heterocycles. The van der Waals surface area contributed by atoms with Gasteiger partial charge in [-0.3, -0.25) is 13.7 Å². The number of hydrogen-bond donors (Lipinski definition) is 0. The molecule has 0 fully saturated rings. The van der Waals surface area contributed by atoms with Crippen molar-refractivity contribution in [3.05, 3.63) is 390 Å². The lowest BCUT2D eigenvalue weighted by molar-refractivity contribution is -0.570. The van der Waals surface area contributed by atoms with E-state index in [0.717, 1.165) is 56.8 Å². The van der Waals surface area contributed by atoms with Crippen molar-refractivity contribution < 1.29 is 64.1 Å². The molecule has 0 radical (unpaired) electrons. The molecule has 0 bridgehead atoms. The van der Waals surface area contributed by atoms with E-state index in [1.54, 1.807) is 18.3 Å². The number of benzene rings is 13. The van der Waals surface area contributed by atoms with Gasteiger partial charge in [0.05, 0.1) is 85.5 Å². The molecule has 0 aliphatic carbocycles. The van der Waals surface area contributed by atoms with Crippen LogP contribution in [0.1, 0.15) is 115 Å². The topological polar surface area (TPSA) is 35.9 Å². The van der Waals surface area contributed by atoms with Gasteiger partial charge in [-0.15, -0.1) is 0 Å². The number of aryl methyl sites for hydroxylation is 2. The van der Waals surface area contributed by atoms with Crippen LogP contribution in [0.2, 0.25) is 0 Å². The van der Waals surface area contributed by atoms with Gasteiger partial charge < -0.3 is 4.74 Å². The van der Waals surface area contributed by atoms with E-state index < -0.39 is 309 Å². The summed E-state index contributed by atoms with van der Waals surface area (Å²) in [7, 11) is -6.81. The Hall–Kier alpha value is -11.7. The Morgan fingerprint density at radius 2 is 1.03 bits per heavy atom. The van der Waals surface area contributed by atoms with E-state index in [1.807, 2.05) is 47.0 Å². The van der Waals surface area contributed by atoms with Crippen LogP contribution in [0, 0.1) is 20.0 Å². The molecule has 0 spiro atoms. The summed E-state index contributed by atoms with van der Waals surface area (Å²) in [6, 6.07) is -13.1. The highest BCUT2D eigenvalue weighted by atomic mass is 28.3. The molecule has 466 valence electrons. The molecule has 5 nitrogen and oxygen atoms in total. The van der Waals surface area contributed by atoms with Crippen LogP contribution in [-0.4, -0.2) is 22.2 Å². The molecule has 6 heteroatoms. The SMILES string of the molecule is [2H]c1c([2H])c([2H])c(C(c2c([2H])c([2H])c([2H])c([2H])c2[2H])(c2c([2H])c([2H])c([2H])c([2H])c2[2H])c2c([2H])c([2H])c([2H])c(-c3cccc([Si](c4c([2H])c([2H])c([2H])c([2H])c4[2H])(c4c([2H])c([2H])c([2H])c([2H])c4[2H])c4c([2H])c([2H])c([2H])c([2H])c4[2H])c3-[n+]3[c-]n(-c4cccc(Oc5ccc6c7ccccc7n(-c7cc(C(C)(C)C)ccn7)c6c5)c4)c4cc(-c5c(C([2H])([2H])[2H])cccc5C([2H])([2H])[2H])ccc43)c2[2H])c([2H])c1[2H]. The predicted molar refractivity (Wildman–Crippen MR) is 403 cm³/mol. The van der Waals surface area contributed by atoms with Gasteiger partial charge in [0.1, 0.15) is 17.3 Å². The van der Waals surface area contributed by atoms with Crippen molar-refractivity contribution in [3.8, 4) is 50.9 Å². The van der Waals surface area contributed by atoms with Crippen LogP contribution in [0.25, 0.3) is 72.3 Å². The normalized spacial score (nSPS) is 18.1. The number of aromatic nitrogens is 4. The first-order chi connectivity index (χ1) is 64.1. The van der Waals surface area contributed by atoms with Gasteiger partial charge in [0, 0.05) is 31.3 Å². The third-order valence-electron chi connectivity index (χ3n) is 17.0. The number of para-hydroxylation sites is 2. The third kappa shape index (κ3) is 10.5. The predicted octanol–water partition coefficient (Wildman–Crippen LogP) is 19.0. The number of fused-ring (bicyclic) bond motifs is 4. The van der Waals surface area contributed by atoms with Crippen molar-refractivity contribution in [2.24, 2.45) is 0 Å². The summed E-state index contributed by atoms with van der Waals surface area (Å²) in [5.41, 5.74) is -13.2. The minimum Gasteiger partial charge on any atom is -0.458 e. The van der Waals surface area contributed by atoms with Crippen molar-refractivity contribution in [1.82, 2.24) is 14.1 Å². The summed E-state index contributed by atoms with van der Waals surface area (Å²) in [5.74, 6) is 0.759. The Bertz CT molecular complexity index is 7430. The molecule has 0 amide bonds. The average Bonchev–Trinajstić information content (AvgIpc) is 1.08. The summed E-state index contributed by atoms with van der Waals surface area (Å²) in [6.45, 7) is -0.113. The highest BCUT2D eigenvalue weighted by Gasteiger charge is 2.45. The fourth-order valence-electron chi connectivity index (χ4n) is 12.7. The summed E-state index contributed by atoms with van der Waals surface area (Å²) in [5, 5.41) is -2.81. The van der Waals surface area contributed by atoms with Crippen LogP contribution in [0.4, 0.5) is 0 Å². The quantitative estimate of drug-likeness (QED) is 0.0444. The van der Waals surface area contributed by atoms with Crippen LogP contribution >= 0.6 is 0 Å². The monoisotopic (exact) mass is 1300 g/mol. The molecular formula is C91H72N4OSi. The molecule has 16 aromatic rings. The van der Waals surface area contributed by atoms with E-state index in [4.69, 9.17) is 26.2 Å². The highest BCUT2D eigenvalue weighted by molar-refractivity contribution is 7.20. The second kappa shape index (κ2) is 24.9. The lowest BCUT2D eigenvalue weighted by Crippen LogP contribution is -2.76. The summed E-state index contributed by atoms with van der Waals surface area (Å²) < 4.78 is 398. The molecule has 0 unspecified atom stereocenters. The Kier molecular flexibility index (Phi) is 7.90. The summed E-state index contributed by atoms with van der Waals surface area (Å²) >= 11 is 0. The number of nitrogens with zero attached hydrogens (tertiary/aromatic N) is 4. The molecule has 0 saturated carbocycles. The van der Waals surface area contributed by atoms with Gasteiger partial charge in [0.25, 0.3) is 6.33 Å². The summed E-state index contributed by atoms with van der Waals surface area (Å²) in [4.78, 5) is 4.83. The molecule has 0 atom stereocenters. The summed E-state index contributed by atoms with van der Waals surface area (Å²) in [6.07, 6.45) is 4.94. The van der Waals surface area contributed by atoms with Gasteiger partial charge in [-0.2, -0.15) is 0 Å². The molecule has 97 heavy (non-hydrogen) atoms. The zero-order chi connectivity index (χ0) is 100. The second-order valence-electron chi connectivity index (χ2n) is 23.4. The first-order valence-electron chi connectivity index (χ1n) is 50.2. The first-order valence-corrected chi connectivity index (χ1v) is 32.2. The Morgan fingerprint density at radius 3 is 1.65 bits per heavy atom. The van der Waals surface area contributed by atoms with Crippen LogP contribution in [0.5, 0.6) is 11.5 Å². The molecule has 16 rings (SSSR count). The zero-order valence-electron chi connectivity index (χ0n) is 91.5. The average molecular weight is 1310 g/mol. The standard InChI is InChI=1S/C91H72N4OSi/c1-64-30-26-31-65(2)88(64)67-52-55-83-85(59-67)93(73-40-28-41-74(61-73)96-75-53-54-81-80-48-24-25-50-82(80)95(84(81)62-75)87-60-71(56-57-92-87)90(3,4)5)63-94(83)89-79(49-29-51-86(89)97(76-42-18-9-19-43-76,77-44-20-10-21-45-77)78-46-22-11-23-47-78)66-32-27-39-72(58-66)91(68-33-12-6-13-34-68,69-35-14-7-15-36-69)70-37-16-8-17-38-70/h6-62H,1-5H3/i1D3,2D3,6D,7D,8D,9D,10D,11D,12D,13D,14D,15D,16D,17D,18D,19D,20D,21D,22D,23D,27D,32D,33D,34D,35D,36D,37D,38D,39D,42D,43D,44D,45D,46D,47D,58D. The van der Waals surface area contributed by atoms with Crippen molar-refractivity contribution in [2.45, 2.75) is 45.3 Å². The Labute approximate surface area is 625 Å². The maximum atomic E-state index is 11.4. The smallest absolute Gasteiger partial charge is 0.269 e. The van der Waals surface area contributed by atoms with Crippen LogP contribution < -0.4 is 30.1 Å². The second-order valence-corrected chi connectivity index (χ2v) is 27.0. The van der Waals surface area contributed by atoms with Crippen LogP contribution in [0.3, 0.4) is 0 Å². The fraction of sp³-hybridized carbons (Fsp3) is 0.0769. The Morgan fingerprint density at radius 1 is 0.464 bits per heavy atom. The van der Waals surface area contributed by atoms with Crippen molar-refractivity contribution in [3.63, 3.8) is 0 Å². The lowest BCUT2D eigenvalue weighted by atomic mass is 9.65. The third-order valence-corrected chi connectivity index (χ3v) is 21.2. The van der Waals surface area contributed by atoms with Gasteiger partial charge >= 0.3 is 0 Å². The minimum atomic E-state index is -6.81. The van der Waals surface area contributed by atoms with Gasteiger partial charge in [-0.25, -0.2) is 4.98 Å². The van der Waals surface area contributed by atoms with E-state index in [-0.39, 0.29) is 39.2 Å².